The van der Waals surface area contributed by atoms with Gasteiger partial charge < -0.3 is 35.5 Å². The number of imidazole rings is 2. The summed E-state index contributed by atoms with van der Waals surface area (Å²) in [6.07, 6.45) is -7.30. The molecule has 3 aliphatic rings. The third kappa shape index (κ3) is 7.01. The normalized spacial score (nSPS) is 34.6. The second-order valence-corrected chi connectivity index (χ2v) is 19.0. The van der Waals surface area contributed by atoms with Crippen LogP contribution in [-0.4, -0.2) is 104 Å². The summed E-state index contributed by atoms with van der Waals surface area (Å²) < 4.78 is 72.6. The van der Waals surface area contributed by atoms with Crippen molar-refractivity contribution in [3.05, 3.63) is 29.3 Å². The molecule has 0 amide bonds. The van der Waals surface area contributed by atoms with E-state index in [0.29, 0.717) is 24.4 Å². The lowest BCUT2D eigenvalue weighted by Gasteiger charge is -2.32. The first-order valence-corrected chi connectivity index (χ1v) is 21.5. The monoisotopic (exact) mass is 807 g/mol. The molecule has 284 valence electrons. The molecule has 3 fully saturated rings. The number of H-pyrrole nitrogens is 1. The summed E-state index contributed by atoms with van der Waals surface area (Å²) in [4.78, 5) is 46.6. The Kier molecular flexibility index (Phi) is 10.3. The molecule has 26 heteroatoms. The van der Waals surface area contributed by atoms with Crippen molar-refractivity contribution in [3.8, 4) is 0 Å². The smallest absolute Gasteiger partial charge is 0.387 e. The van der Waals surface area contributed by atoms with Crippen LogP contribution in [0.5, 0.6) is 0 Å². The number of aliphatic hydroxyl groups is 1. The van der Waals surface area contributed by atoms with Crippen LogP contribution in [0.2, 0.25) is 0 Å². The molecule has 0 spiro atoms. The van der Waals surface area contributed by atoms with Gasteiger partial charge in [-0.05, 0) is 31.6 Å². The zero-order valence-electron chi connectivity index (χ0n) is 27.7. The molecule has 4 aromatic rings. The molecule has 0 aromatic carbocycles. The summed E-state index contributed by atoms with van der Waals surface area (Å²) in [6.45, 7) is -4.19. The first-order valence-electron chi connectivity index (χ1n) is 16.0. The van der Waals surface area contributed by atoms with Crippen molar-refractivity contribution in [2.24, 2.45) is 0 Å². The number of hydrogen-bond donors (Lipinski definition) is 6. The first-order chi connectivity index (χ1) is 24.6. The van der Waals surface area contributed by atoms with Crippen LogP contribution in [0, 0.1) is 0 Å². The van der Waals surface area contributed by atoms with Crippen molar-refractivity contribution in [1.29, 1.82) is 0 Å². The average Bonchev–Trinajstić information content (AvgIpc) is 3.87. The summed E-state index contributed by atoms with van der Waals surface area (Å²) in [5.74, 6) is -0.169. The number of alkyl halides is 1. The molecule has 2 bridgehead atoms. The number of nitrogens with one attached hydrogen (secondary N) is 2. The van der Waals surface area contributed by atoms with Crippen molar-refractivity contribution in [3.63, 3.8) is 0 Å². The maximum atomic E-state index is 16.4. The Morgan fingerprint density at radius 2 is 1.71 bits per heavy atom. The zero-order valence-corrected chi connectivity index (χ0v) is 31.1. The van der Waals surface area contributed by atoms with Crippen molar-refractivity contribution in [2.75, 3.05) is 24.7 Å². The maximum Gasteiger partial charge on any atom is 0.404 e. The number of aromatic amines is 1. The Hall–Kier alpha value is -2.70. The van der Waals surface area contributed by atoms with E-state index < -0.39 is 87.0 Å². The predicted molar refractivity (Wildman–Crippen MR) is 186 cm³/mol. The van der Waals surface area contributed by atoms with Crippen LogP contribution in [0.25, 0.3) is 22.3 Å². The van der Waals surface area contributed by atoms with Gasteiger partial charge in [-0.2, -0.15) is 4.98 Å². The minimum absolute atomic E-state index is 0.0299. The number of anilines is 2. The van der Waals surface area contributed by atoms with Crippen LogP contribution in [-0.2, 0) is 43.9 Å². The molecule has 1 unspecified atom stereocenters. The second-order valence-electron chi connectivity index (χ2n) is 12.5. The number of aromatic nitrogens is 8. The Labute approximate surface area is 303 Å². The number of nitrogen functional groups attached to an aromatic ring is 2. The number of rotatable bonds is 7. The highest BCUT2D eigenvalue weighted by atomic mass is 32.7. The van der Waals surface area contributed by atoms with Gasteiger partial charge in [0.2, 0.25) is 5.95 Å². The van der Waals surface area contributed by atoms with Gasteiger partial charge in [0.15, 0.2) is 41.3 Å². The third-order valence-electron chi connectivity index (χ3n) is 9.23. The molecule has 3 aliphatic heterocycles. The molecule has 4 aromatic heterocycles. The molecule has 7 rings (SSSR count). The SMILES string of the molecule is CCC(C)(CC)NS[P@@]1(=O)OC[C@H]2O[C@@H](n3cnc4c(N)ncnc43)[C@H](F)[C@@H]2OP(O)(=S)OC[C@H]2O[C@@H](n3cnc4c(=O)[nH]c(N)nc43)[C@H](O1)[C@@H]2O. The fourth-order valence-electron chi connectivity index (χ4n) is 5.86. The number of fused-ring (bicyclic) bond motifs is 5. The van der Waals surface area contributed by atoms with Gasteiger partial charge in [0, 0.05) is 17.1 Å². The summed E-state index contributed by atoms with van der Waals surface area (Å²) >= 11 is 5.91. The van der Waals surface area contributed by atoms with Crippen LogP contribution >= 0.6 is 25.1 Å². The number of nitrogens with zero attached hydrogens (tertiary/aromatic N) is 7. The van der Waals surface area contributed by atoms with Gasteiger partial charge in [0.1, 0.15) is 42.4 Å². The number of ether oxygens (including phenoxy) is 2. The number of nitrogens with two attached hydrogens (primary N) is 2. The molecule has 52 heavy (non-hydrogen) atoms. The molecular formula is C26H36FN11O10P2S2. The summed E-state index contributed by atoms with van der Waals surface area (Å²) in [6, 6.07) is 0. The van der Waals surface area contributed by atoms with E-state index in [-0.39, 0.29) is 34.1 Å². The highest BCUT2D eigenvalue weighted by Crippen LogP contribution is 2.63. The lowest BCUT2D eigenvalue weighted by molar-refractivity contribution is -0.0585. The summed E-state index contributed by atoms with van der Waals surface area (Å²) in [5.41, 5.74) is 10.8. The highest BCUT2D eigenvalue weighted by molar-refractivity contribution is 8.54. The Bertz CT molecular complexity index is 2120. The number of hydrogen-bond acceptors (Lipinski definition) is 19. The van der Waals surface area contributed by atoms with E-state index in [0.717, 1.165) is 0 Å². The van der Waals surface area contributed by atoms with Crippen molar-refractivity contribution in [2.45, 2.75) is 88.3 Å². The van der Waals surface area contributed by atoms with Crippen LogP contribution in [0.4, 0.5) is 16.2 Å². The van der Waals surface area contributed by atoms with Gasteiger partial charge in [-0.1, -0.05) is 13.8 Å². The van der Waals surface area contributed by atoms with Gasteiger partial charge in [0.05, 0.1) is 25.9 Å². The molecule has 3 saturated heterocycles. The fourth-order valence-corrected chi connectivity index (χ4v) is 10.7. The zero-order chi connectivity index (χ0) is 37.2. The van der Waals surface area contributed by atoms with Crippen LogP contribution < -0.4 is 21.7 Å². The predicted octanol–water partition coefficient (Wildman–Crippen LogP) is 1.58. The third-order valence-corrected chi connectivity index (χ3v) is 14.1. The largest absolute Gasteiger partial charge is 0.404 e. The van der Waals surface area contributed by atoms with E-state index >= 15 is 4.39 Å². The van der Waals surface area contributed by atoms with Gasteiger partial charge in [-0.3, -0.25) is 32.5 Å². The molecule has 10 atom stereocenters. The number of halogens is 1. The molecule has 21 nitrogen and oxygen atoms in total. The van der Waals surface area contributed by atoms with E-state index in [4.69, 9.17) is 50.8 Å². The average molecular weight is 808 g/mol. The molecular weight excluding hydrogens is 771 g/mol. The number of aliphatic hydroxyl groups excluding tert-OH is 1. The van der Waals surface area contributed by atoms with E-state index in [1.165, 1.54) is 28.1 Å². The van der Waals surface area contributed by atoms with Crippen molar-refractivity contribution in [1.82, 2.24) is 43.8 Å². The highest BCUT2D eigenvalue weighted by Gasteiger charge is 2.54. The standard InChI is InChI=1S/C26H36FN11O10P2S2/c1-4-26(3,5-2)36-52-50(42)44-7-12-17(13(27)23(46-12)37-9-32-14-19(28)30-8-31-20(14)37)47-49(41,51)43-6-11-16(39)18(48-50)24(45-11)38-10-33-15-21(38)34-25(29)35-22(15)40/h8-13,16-18,23-24,36,39H,4-7H2,1-3H3,(H,41,51)(H2,28,30,31)(H3,29,34,35,40)/t11-,12-,13-,16-,17-,18-,23-,24-,49?,50+/m1/s1. The topological polar surface area (TPSA) is 284 Å². The lowest BCUT2D eigenvalue weighted by Crippen LogP contribution is -2.38. The fraction of sp³-hybridized carbons (Fsp3) is 0.615. The van der Waals surface area contributed by atoms with Gasteiger partial charge in [-0.25, -0.2) is 33.6 Å². The van der Waals surface area contributed by atoms with E-state index in [1.54, 1.807) is 0 Å². The minimum atomic E-state index is -4.45. The lowest BCUT2D eigenvalue weighted by atomic mass is 9.98. The van der Waals surface area contributed by atoms with Crippen LogP contribution in [0.3, 0.4) is 0 Å². The van der Waals surface area contributed by atoms with Crippen LogP contribution in [0.1, 0.15) is 46.1 Å². The Morgan fingerprint density at radius 3 is 2.44 bits per heavy atom. The summed E-state index contributed by atoms with van der Waals surface area (Å²) in [5, 5.41) is 11.5. The summed E-state index contributed by atoms with van der Waals surface area (Å²) in [7, 11) is 0. The van der Waals surface area contributed by atoms with Crippen molar-refractivity contribution < 1.29 is 46.5 Å². The quantitative estimate of drug-likeness (QED) is 0.114. The molecule has 7 heterocycles. The first kappa shape index (κ1) is 37.6. The Balaban J connectivity index is 1.26. The molecule has 0 radical (unpaired) electrons. The van der Waals surface area contributed by atoms with E-state index in [9.17, 15) is 19.4 Å². The van der Waals surface area contributed by atoms with Crippen molar-refractivity contribution >= 4 is 71.0 Å². The Morgan fingerprint density at radius 1 is 1.04 bits per heavy atom. The molecule has 8 N–H and O–H groups in total. The van der Waals surface area contributed by atoms with E-state index in [2.05, 4.69) is 34.6 Å². The van der Waals surface area contributed by atoms with Gasteiger partial charge in [-0.15, -0.1) is 0 Å². The van der Waals surface area contributed by atoms with Gasteiger partial charge >= 0.3 is 13.5 Å². The maximum absolute atomic E-state index is 16.4. The molecule has 0 aliphatic carbocycles. The minimum Gasteiger partial charge on any atom is -0.387 e. The van der Waals surface area contributed by atoms with E-state index in [1.807, 2.05) is 20.8 Å². The van der Waals surface area contributed by atoms with Crippen LogP contribution in [0.15, 0.2) is 23.8 Å². The van der Waals surface area contributed by atoms with Gasteiger partial charge in [0.25, 0.3) is 5.56 Å². The second kappa shape index (κ2) is 14.2. The molecule has 0 saturated carbocycles.